The number of halogens is 1. The van der Waals surface area contributed by atoms with Crippen molar-refractivity contribution in [2.24, 2.45) is 0 Å². The van der Waals surface area contributed by atoms with Crippen molar-refractivity contribution in [2.75, 3.05) is 12.3 Å². The molecule has 0 unspecified atom stereocenters. The second-order valence-electron chi connectivity index (χ2n) is 6.51. The minimum absolute atomic E-state index is 0. The number of aryl methyl sites for hydroxylation is 1. The fourth-order valence-corrected chi connectivity index (χ4v) is 3.88. The van der Waals surface area contributed by atoms with Gasteiger partial charge >= 0.3 is 0 Å². The highest BCUT2D eigenvalue weighted by Gasteiger charge is 2.16. The lowest BCUT2D eigenvalue weighted by Crippen LogP contribution is -3.00. The predicted octanol–water partition coefficient (Wildman–Crippen LogP) is 0.452. The number of hydrogen-bond acceptors (Lipinski definition) is 5. The van der Waals surface area contributed by atoms with Crippen molar-refractivity contribution < 1.29 is 22.1 Å². The van der Waals surface area contributed by atoms with Crippen LogP contribution in [0.15, 0.2) is 60.2 Å². The molecule has 2 aromatic carbocycles. The standard InChI is InChI=1S/C12H17N4OS.C10H8.ClH/c1-8-11(3-4-17)18-7-16(8)6-10-5-14-9(2)15-12(10)13;1-2-6-10-8-4-3-7-9(10)5-1;/h5,7,17H,3-4,6H2,1-2H3,(H2,13,14,15);1-8H;1H/q+1;;/p-1. The van der Waals surface area contributed by atoms with Crippen LogP contribution < -0.4 is 22.7 Å². The molecular weight excluding hydrogens is 404 g/mol. The maximum absolute atomic E-state index is 8.98. The van der Waals surface area contributed by atoms with E-state index in [2.05, 4.69) is 63.1 Å². The summed E-state index contributed by atoms with van der Waals surface area (Å²) in [6.45, 7) is 4.71. The summed E-state index contributed by atoms with van der Waals surface area (Å²) in [6.07, 6.45) is 2.47. The summed E-state index contributed by atoms with van der Waals surface area (Å²) in [6, 6.07) is 16.7. The third kappa shape index (κ3) is 5.97. The van der Waals surface area contributed by atoms with E-state index >= 15 is 0 Å². The highest BCUT2D eigenvalue weighted by atomic mass is 35.5. The van der Waals surface area contributed by atoms with Gasteiger partial charge in [0.2, 0.25) is 5.51 Å². The van der Waals surface area contributed by atoms with Crippen molar-refractivity contribution in [3.8, 4) is 0 Å². The molecule has 0 spiro atoms. The quantitative estimate of drug-likeness (QED) is 0.463. The van der Waals surface area contributed by atoms with Gasteiger partial charge in [-0.25, -0.2) is 9.97 Å². The van der Waals surface area contributed by atoms with E-state index in [1.807, 2.05) is 19.4 Å². The number of rotatable bonds is 4. The summed E-state index contributed by atoms with van der Waals surface area (Å²) >= 11 is 1.65. The fourth-order valence-electron chi connectivity index (χ4n) is 2.90. The molecule has 29 heavy (non-hydrogen) atoms. The molecule has 7 heteroatoms. The third-order valence-electron chi connectivity index (χ3n) is 4.51. The molecule has 2 heterocycles. The van der Waals surface area contributed by atoms with Gasteiger partial charge in [0.15, 0.2) is 12.2 Å². The summed E-state index contributed by atoms with van der Waals surface area (Å²) in [4.78, 5) is 9.53. The van der Waals surface area contributed by atoms with Gasteiger partial charge < -0.3 is 23.2 Å². The topological polar surface area (TPSA) is 75.9 Å². The first kappa shape index (κ1) is 22.7. The average molecular weight is 429 g/mol. The maximum atomic E-state index is 8.98. The maximum Gasteiger partial charge on any atom is 0.225 e. The molecule has 4 aromatic rings. The van der Waals surface area contributed by atoms with Crippen LogP contribution >= 0.6 is 11.3 Å². The van der Waals surface area contributed by atoms with Crippen molar-refractivity contribution in [3.05, 3.63) is 82.2 Å². The molecule has 0 saturated carbocycles. The lowest BCUT2D eigenvalue weighted by atomic mass is 10.1. The number of nitrogen functional groups attached to an aromatic ring is 1. The largest absolute Gasteiger partial charge is 1.00 e. The number of anilines is 1. The van der Waals surface area contributed by atoms with Crippen LogP contribution in [0, 0.1) is 13.8 Å². The van der Waals surface area contributed by atoms with Crippen LogP contribution in [0.5, 0.6) is 0 Å². The number of nitrogens with two attached hydrogens (primary N) is 1. The minimum atomic E-state index is 0. The number of fused-ring (bicyclic) bond motifs is 1. The highest BCUT2D eigenvalue weighted by Crippen LogP contribution is 2.14. The Kier molecular flexibility index (Phi) is 8.51. The van der Waals surface area contributed by atoms with Crippen LogP contribution in [0.25, 0.3) is 10.8 Å². The number of aromatic nitrogens is 3. The lowest BCUT2D eigenvalue weighted by molar-refractivity contribution is -0.689. The first-order valence-corrected chi connectivity index (χ1v) is 10.1. The number of thiazole rings is 1. The molecule has 0 amide bonds. The smallest absolute Gasteiger partial charge is 0.225 e. The molecule has 0 fully saturated rings. The van der Waals surface area contributed by atoms with Gasteiger partial charge in [-0.3, -0.25) is 0 Å². The van der Waals surface area contributed by atoms with Gasteiger partial charge in [0, 0.05) is 26.1 Å². The number of hydrogen-bond donors (Lipinski definition) is 2. The Balaban J connectivity index is 0.000000231. The van der Waals surface area contributed by atoms with E-state index in [4.69, 9.17) is 10.8 Å². The molecular formula is C22H25ClN4OS. The van der Waals surface area contributed by atoms with Crippen LogP contribution in [0.2, 0.25) is 0 Å². The third-order valence-corrected chi connectivity index (χ3v) is 5.66. The van der Waals surface area contributed by atoms with E-state index in [0.29, 0.717) is 24.6 Å². The van der Waals surface area contributed by atoms with Gasteiger partial charge in [-0.05, 0) is 17.7 Å². The second kappa shape index (κ2) is 10.9. The lowest BCUT2D eigenvalue weighted by Gasteiger charge is -2.01. The molecule has 0 bridgehead atoms. The van der Waals surface area contributed by atoms with Gasteiger partial charge in [0.05, 0.1) is 10.4 Å². The first-order chi connectivity index (χ1) is 13.6. The van der Waals surface area contributed by atoms with E-state index < -0.39 is 0 Å². The Bertz CT molecular complexity index is 1000. The fraction of sp³-hybridized carbons (Fsp3) is 0.227. The van der Waals surface area contributed by atoms with Crippen LogP contribution in [0.1, 0.15) is 22.0 Å². The Hall–Kier alpha value is -2.54. The molecule has 0 aliphatic carbocycles. The van der Waals surface area contributed by atoms with Gasteiger partial charge in [-0.2, -0.15) is 4.57 Å². The van der Waals surface area contributed by atoms with Crippen LogP contribution in [0.4, 0.5) is 5.82 Å². The Labute approximate surface area is 181 Å². The highest BCUT2D eigenvalue weighted by molar-refractivity contribution is 7.09. The number of aliphatic hydroxyl groups is 1. The van der Waals surface area contributed by atoms with Gasteiger partial charge in [-0.15, -0.1) is 0 Å². The van der Waals surface area contributed by atoms with Crippen LogP contribution in [-0.2, 0) is 13.0 Å². The van der Waals surface area contributed by atoms with E-state index in [1.54, 1.807) is 17.5 Å². The van der Waals surface area contributed by atoms with Crippen LogP contribution in [0.3, 0.4) is 0 Å². The summed E-state index contributed by atoms with van der Waals surface area (Å²) in [5, 5.41) is 11.6. The molecule has 5 nitrogen and oxygen atoms in total. The van der Waals surface area contributed by atoms with Gasteiger partial charge in [-0.1, -0.05) is 59.9 Å². The van der Waals surface area contributed by atoms with E-state index in [0.717, 1.165) is 11.3 Å². The first-order valence-electron chi connectivity index (χ1n) is 9.17. The zero-order chi connectivity index (χ0) is 19.9. The van der Waals surface area contributed by atoms with E-state index in [1.165, 1.54) is 15.6 Å². The summed E-state index contributed by atoms with van der Waals surface area (Å²) < 4.78 is 2.11. The Morgan fingerprint density at radius 3 is 2.14 bits per heavy atom. The molecule has 0 radical (unpaired) electrons. The molecule has 0 saturated heterocycles. The van der Waals surface area contributed by atoms with Crippen molar-refractivity contribution in [1.29, 1.82) is 0 Å². The average Bonchev–Trinajstić information content (AvgIpc) is 3.05. The molecule has 152 valence electrons. The van der Waals surface area contributed by atoms with Crippen molar-refractivity contribution in [1.82, 2.24) is 9.97 Å². The number of nitrogens with zero attached hydrogens (tertiary/aromatic N) is 3. The molecule has 2 aromatic heterocycles. The van der Waals surface area contributed by atoms with E-state index in [9.17, 15) is 0 Å². The van der Waals surface area contributed by atoms with Crippen LogP contribution in [-0.4, -0.2) is 21.7 Å². The van der Waals surface area contributed by atoms with Gasteiger partial charge in [0.1, 0.15) is 11.6 Å². The zero-order valence-electron chi connectivity index (χ0n) is 16.5. The van der Waals surface area contributed by atoms with Crippen molar-refractivity contribution in [3.63, 3.8) is 0 Å². The minimum Gasteiger partial charge on any atom is -1.00 e. The van der Waals surface area contributed by atoms with E-state index in [-0.39, 0.29) is 19.0 Å². The summed E-state index contributed by atoms with van der Waals surface area (Å²) in [5.74, 6) is 1.22. The zero-order valence-corrected chi connectivity index (χ0v) is 18.1. The molecule has 4 rings (SSSR count). The molecule has 0 aliphatic heterocycles. The number of benzene rings is 2. The molecule has 3 N–H and O–H groups in total. The second-order valence-corrected chi connectivity index (χ2v) is 7.45. The SMILES string of the molecule is Cc1ncc(C[n+]2csc(CCO)c2C)c(N)n1.[Cl-].c1ccc2ccccc2c1. The molecule has 0 atom stereocenters. The summed E-state index contributed by atoms with van der Waals surface area (Å²) in [5.41, 5.74) is 10.0. The monoisotopic (exact) mass is 428 g/mol. The van der Waals surface area contributed by atoms with Gasteiger partial charge in [0.25, 0.3) is 0 Å². The normalized spacial score (nSPS) is 10.2. The number of aliphatic hydroxyl groups excluding tert-OH is 1. The summed E-state index contributed by atoms with van der Waals surface area (Å²) in [7, 11) is 0. The molecule has 0 aliphatic rings. The van der Waals surface area contributed by atoms with Crippen molar-refractivity contribution in [2.45, 2.75) is 26.8 Å². The van der Waals surface area contributed by atoms with Crippen molar-refractivity contribution >= 4 is 27.9 Å². The Morgan fingerprint density at radius 1 is 1.03 bits per heavy atom. The Morgan fingerprint density at radius 2 is 1.62 bits per heavy atom. The predicted molar refractivity (Wildman–Crippen MR) is 114 cm³/mol.